The Labute approximate surface area is 120 Å². The Morgan fingerprint density at radius 3 is 2.60 bits per heavy atom. The molecule has 2 N–H and O–H groups in total. The second-order valence-corrected chi connectivity index (χ2v) is 6.64. The molecule has 1 heterocycles. The molecule has 0 radical (unpaired) electrons. The van der Waals surface area contributed by atoms with Crippen molar-refractivity contribution in [2.24, 2.45) is 5.92 Å². The van der Waals surface area contributed by atoms with E-state index in [1.807, 2.05) is 6.92 Å². The van der Waals surface area contributed by atoms with Crippen LogP contribution in [-0.2, 0) is 21.3 Å². The first-order chi connectivity index (χ1) is 9.40. The van der Waals surface area contributed by atoms with E-state index in [1.165, 1.54) is 13.1 Å². The highest BCUT2D eigenvalue weighted by atomic mass is 32.2. The van der Waals surface area contributed by atoms with Crippen molar-refractivity contribution in [2.75, 3.05) is 20.3 Å². The lowest BCUT2D eigenvalue weighted by Crippen LogP contribution is -2.37. The molecular formula is C13H24N2O4S. The first-order valence-electron chi connectivity index (χ1n) is 6.74. The van der Waals surface area contributed by atoms with Crippen LogP contribution in [0.1, 0.15) is 26.5 Å². The van der Waals surface area contributed by atoms with Crippen LogP contribution in [0.15, 0.2) is 21.6 Å². The van der Waals surface area contributed by atoms with Gasteiger partial charge in [0.2, 0.25) is 5.09 Å². The Kier molecular flexibility index (Phi) is 6.67. The maximum absolute atomic E-state index is 11.6. The van der Waals surface area contributed by atoms with Crippen molar-refractivity contribution in [1.82, 2.24) is 10.0 Å². The Morgan fingerprint density at radius 1 is 1.35 bits per heavy atom. The first kappa shape index (κ1) is 17.2. The number of rotatable bonds is 9. The van der Waals surface area contributed by atoms with Crippen molar-refractivity contribution in [3.05, 3.63) is 17.9 Å². The average Bonchev–Trinajstić information content (AvgIpc) is 2.88. The predicted molar refractivity (Wildman–Crippen MR) is 76.9 cm³/mol. The lowest BCUT2D eigenvalue weighted by atomic mass is 10.1. The highest BCUT2D eigenvalue weighted by molar-refractivity contribution is 7.89. The van der Waals surface area contributed by atoms with Crippen LogP contribution in [0.3, 0.4) is 0 Å². The molecule has 1 aromatic rings. The zero-order valence-corrected chi connectivity index (χ0v) is 13.3. The third-order valence-electron chi connectivity index (χ3n) is 3.02. The summed E-state index contributed by atoms with van der Waals surface area (Å²) in [4.78, 5) is 0. The topological polar surface area (TPSA) is 80.6 Å². The van der Waals surface area contributed by atoms with Gasteiger partial charge in [-0.3, -0.25) is 0 Å². The van der Waals surface area contributed by atoms with Crippen LogP contribution in [0, 0.1) is 5.92 Å². The van der Waals surface area contributed by atoms with E-state index < -0.39 is 10.0 Å². The molecule has 0 saturated heterocycles. The molecule has 0 aliphatic rings. The van der Waals surface area contributed by atoms with Crippen LogP contribution in [-0.4, -0.2) is 34.7 Å². The number of hydrogen-bond donors (Lipinski definition) is 2. The Bertz CT molecular complexity index is 496. The SMILES string of the molecule is CCOCC(NCc1ccc(S(=O)(=O)NC)o1)C(C)C. The predicted octanol–water partition coefficient (Wildman–Crippen LogP) is 1.34. The van der Waals surface area contributed by atoms with Crippen LogP contribution in [0.25, 0.3) is 0 Å². The Balaban J connectivity index is 2.61. The third-order valence-corrected chi connectivity index (χ3v) is 4.30. The van der Waals surface area contributed by atoms with Gasteiger partial charge in [-0.2, -0.15) is 0 Å². The van der Waals surface area contributed by atoms with Gasteiger partial charge in [-0.15, -0.1) is 0 Å². The van der Waals surface area contributed by atoms with Gasteiger partial charge in [0.25, 0.3) is 10.0 Å². The van der Waals surface area contributed by atoms with Crippen LogP contribution < -0.4 is 10.0 Å². The molecule has 1 unspecified atom stereocenters. The standard InChI is InChI=1S/C13H24N2O4S/c1-5-18-9-12(10(2)3)15-8-11-6-7-13(19-11)20(16,17)14-4/h6-7,10,12,14-15H,5,8-9H2,1-4H3. The van der Waals surface area contributed by atoms with Crippen molar-refractivity contribution in [3.63, 3.8) is 0 Å². The summed E-state index contributed by atoms with van der Waals surface area (Å²) in [6.45, 7) is 7.94. The molecule has 6 nitrogen and oxygen atoms in total. The van der Waals surface area contributed by atoms with Crippen molar-refractivity contribution in [2.45, 2.75) is 38.5 Å². The fourth-order valence-corrected chi connectivity index (χ4v) is 2.33. The molecule has 0 amide bonds. The molecule has 1 atom stereocenters. The van der Waals surface area contributed by atoms with E-state index in [2.05, 4.69) is 23.9 Å². The molecule has 20 heavy (non-hydrogen) atoms. The van der Waals surface area contributed by atoms with Gasteiger partial charge in [-0.25, -0.2) is 13.1 Å². The quantitative estimate of drug-likeness (QED) is 0.719. The summed E-state index contributed by atoms with van der Waals surface area (Å²) in [7, 11) is -2.16. The lowest BCUT2D eigenvalue weighted by molar-refractivity contribution is 0.107. The van der Waals surface area contributed by atoms with Gasteiger partial charge in [0.15, 0.2) is 0 Å². The summed E-state index contributed by atoms with van der Waals surface area (Å²) < 4.78 is 36.1. The highest BCUT2D eigenvalue weighted by Gasteiger charge is 2.18. The second kappa shape index (κ2) is 7.78. The monoisotopic (exact) mass is 304 g/mol. The van der Waals surface area contributed by atoms with Gasteiger partial charge in [-0.05, 0) is 32.0 Å². The third kappa shape index (κ3) is 4.90. The van der Waals surface area contributed by atoms with E-state index in [0.717, 1.165) is 0 Å². The maximum Gasteiger partial charge on any atom is 0.273 e. The first-order valence-corrected chi connectivity index (χ1v) is 8.22. The fourth-order valence-electron chi connectivity index (χ4n) is 1.66. The van der Waals surface area contributed by atoms with E-state index in [-0.39, 0.29) is 11.1 Å². The number of hydrogen-bond acceptors (Lipinski definition) is 5. The molecule has 116 valence electrons. The van der Waals surface area contributed by atoms with E-state index in [0.29, 0.717) is 31.4 Å². The molecule has 0 aliphatic heterocycles. The maximum atomic E-state index is 11.6. The molecule has 7 heteroatoms. The molecule has 1 aromatic heterocycles. The van der Waals surface area contributed by atoms with Gasteiger partial charge < -0.3 is 14.5 Å². The minimum absolute atomic E-state index is 0.0669. The van der Waals surface area contributed by atoms with Crippen molar-refractivity contribution in [3.8, 4) is 0 Å². The molecule has 0 aliphatic carbocycles. The van der Waals surface area contributed by atoms with Crippen molar-refractivity contribution in [1.29, 1.82) is 0 Å². The normalized spacial score (nSPS) is 13.8. The van der Waals surface area contributed by atoms with E-state index in [1.54, 1.807) is 6.07 Å². The summed E-state index contributed by atoms with van der Waals surface area (Å²) in [5.74, 6) is 0.998. The Morgan fingerprint density at radius 2 is 2.05 bits per heavy atom. The van der Waals surface area contributed by atoms with Crippen LogP contribution >= 0.6 is 0 Å². The van der Waals surface area contributed by atoms with Gasteiger partial charge in [0.1, 0.15) is 5.76 Å². The largest absolute Gasteiger partial charge is 0.447 e. The minimum Gasteiger partial charge on any atom is -0.447 e. The fraction of sp³-hybridized carbons (Fsp3) is 0.692. The molecule has 0 spiro atoms. The zero-order chi connectivity index (χ0) is 15.2. The lowest BCUT2D eigenvalue weighted by Gasteiger charge is -2.21. The van der Waals surface area contributed by atoms with E-state index >= 15 is 0 Å². The highest BCUT2D eigenvalue weighted by Crippen LogP contribution is 2.14. The molecule has 1 rings (SSSR count). The van der Waals surface area contributed by atoms with Crippen LogP contribution in [0.2, 0.25) is 0 Å². The number of ether oxygens (including phenoxy) is 1. The summed E-state index contributed by atoms with van der Waals surface area (Å²) >= 11 is 0. The van der Waals surface area contributed by atoms with Gasteiger partial charge in [-0.1, -0.05) is 13.8 Å². The summed E-state index contributed by atoms with van der Waals surface area (Å²) in [5, 5.41) is 3.25. The zero-order valence-electron chi connectivity index (χ0n) is 12.5. The number of nitrogens with one attached hydrogen (secondary N) is 2. The number of sulfonamides is 1. The number of furan rings is 1. The van der Waals surface area contributed by atoms with E-state index in [9.17, 15) is 8.42 Å². The summed E-state index contributed by atoms with van der Waals surface area (Å²) in [5.41, 5.74) is 0. The summed E-state index contributed by atoms with van der Waals surface area (Å²) in [6, 6.07) is 3.31. The van der Waals surface area contributed by atoms with Crippen LogP contribution in [0.5, 0.6) is 0 Å². The molecule has 0 fully saturated rings. The molecule has 0 bridgehead atoms. The van der Waals surface area contributed by atoms with Crippen molar-refractivity contribution >= 4 is 10.0 Å². The molecule has 0 aromatic carbocycles. The smallest absolute Gasteiger partial charge is 0.273 e. The molecule has 0 saturated carbocycles. The van der Waals surface area contributed by atoms with Gasteiger partial charge in [0, 0.05) is 12.6 Å². The summed E-state index contributed by atoms with van der Waals surface area (Å²) in [6.07, 6.45) is 0. The average molecular weight is 304 g/mol. The minimum atomic E-state index is -3.52. The second-order valence-electron chi connectivity index (χ2n) is 4.82. The Hall–Kier alpha value is -0.890. The van der Waals surface area contributed by atoms with Crippen molar-refractivity contribution < 1.29 is 17.6 Å². The molecular weight excluding hydrogens is 280 g/mol. The van der Waals surface area contributed by atoms with Gasteiger partial charge in [0.05, 0.1) is 13.2 Å². The van der Waals surface area contributed by atoms with E-state index in [4.69, 9.17) is 9.15 Å². The van der Waals surface area contributed by atoms with Gasteiger partial charge >= 0.3 is 0 Å². The van der Waals surface area contributed by atoms with Crippen LogP contribution in [0.4, 0.5) is 0 Å².